The van der Waals surface area contributed by atoms with Gasteiger partial charge in [-0.3, -0.25) is 0 Å². The molecule has 0 amide bonds. The van der Waals surface area contributed by atoms with Gasteiger partial charge in [0.2, 0.25) is 0 Å². The van der Waals surface area contributed by atoms with E-state index in [9.17, 15) is 0 Å². The number of hydrogen-bond acceptors (Lipinski definition) is 3. The molecule has 0 aromatic heterocycles. The zero-order valence-electron chi connectivity index (χ0n) is 5.79. The van der Waals surface area contributed by atoms with Gasteiger partial charge in [0.05, 0.1) is 19.3 Å². The number of rotatable bonds is 3. The normalized spacial score (nSPS) is 16.4. The fourth-order valence-electron chi connectivity index (χ4n) is 0.405. The lowest BCUT2D eigenvalue weighted by atomic mass is 10.2. The van der Waals surface area contributed by atoms with Gasteiger partial charge in [-0.1, -0.05) is 6.58 Å². The van der Waals surface area contributed by atoms with Gasteiger partial charge in [0.15, 0.2) is 0 Å². The van der Waals surface area contributed by atoms with Gasteiger partial charge in [-0.2, -0.15) is 0 Å². The second-order valence-corrected chi connectivity index (χ2v) is 1.94. The number of aliphatic hydroxyl groups excluding tert-OH is 1. The van der Waals surface area contributed by atoms with Gasteiger partial charge in [0.25, 0.3) is 0 Å². The summed E-state index contributed by atoms with van der Waals surface area (Å²) in [5, 5.41) is 8.86. The topological polar surface area (TPSA) is 55.5 Å². The van der Waals surface area contributed by atoms with Crippen molar-refractivity contribution in [3.8, 4) is 0 Å². The van der Waals surface area contributed by atoms with E-state index in [0.29, 0.717) is 5.76 Å². The third-order valence-corrected chi connectivity index (χ3v) is 1.15. The molecule has 0 saturated heterocycles. The van der Waals surface area contributed by atoms with Crippen LogP contribution in [0.25, 0.3) is 0 Å². The monoisotopic (exact) mass is 131 g/mol. The number of methoxy groups -OCH3 is 1. The van der Waals surface area contributed by atoms with E-state index in [1.165, 1.54) is 7.11 Å². The highest BCUT2D eigenvalue weighted by molar-refractivity contribution is 4.97. The molecule has 0 aliphatic carbocycles. The zero-order valence-corrected chi connectivity index (χ0v) is 5.79. The SMILES string of the molecule is C=C(OC)[C@@H](N)[C@@H](C)O. The van der Waals surface area contributed by atoms with E-state index in [-0.39, 0.29) is 0 Å². The Labute approximate surface area is 55.1 Å². The van der Waals surface area contributed by atoms with E-state index < -0.39 is 12.1 Å². The maximum absolute atomic E-state index is 8.86. The highest BCUT2D eigenvalue weighted by atomic mass is 16.5. The molecular formula is C6H13NO2. The zero-order chi connectivity index (χ0) is 7.44. The second-order valence-electron chi connectivity index (χ2n) is 1.94. The van der Waals surface area contributed by atoms with Crippen molar-refractivity contribution in [1.29, 1.82) is 0 Å². The van der Waals surface area contributed by atoms with E-state index in [4.69, 9.17) is 15.6 Å². The van der Waals surface area contributed by atoms with Crippen molar-refractivity contribution in [3.05, 3.63) is 12.3 Å². The summed E-state index contributed by atoms with van der Waals surface area (Å²) in [6.45, 7) is 5.08. The van der Waals surface area contributed by atoms with Crippen LogP contribution >= 0.6 is 0 Å². The largest absolute Gasteiger partial charge is 0.500 e. The minimum Gasteiger partial charge on any atom is -0.500 e. The molecule has 0 radical (unpaired) electrons. The maximum atomic E-state index is 8.86. The molecular weight excluding hydrogens is 118 g/mol. The highest BCUT2D eigenvalue weighted by Gasteiger charge is 2.12. The Hall–Kier alpha value is -0.540. The lowest BCUT2D eigenvalue weighted by molar-refractivity contribution is 0.142. The van der Waals surface area contributed by atoms with Gasteiger partial charge in [0, 0.05) is 0 Å². The van der Waals surface area contributed by atoms with Gasteiger partial charge >= 0.3 is 0 Å². The first-order valence-corrected chi connectivity index (χ1v) is 2.76. The van der Waals surface area contributed by atoms with Crippen molar-refractivity contribution in [2.45, 2.75) is 19.1 Å². The van der Waals surface area contributed by atoms with Crippen LogP contribution < -0.4 is 5.73 Å². The molecule has 0 unspecified atom stereocenters. The van der Waals surface area contributed by atoms with Gasteiger partial charge < -0.3 is 15.6 Å². The van der Waals surface area contributed by atoms with E-state index in [2.05, 4.69) is 6.58 Å². The van der Waals surface area contributed by atoms with E-state index >= 15 is 0 Å². The van der Waals surface area contributed by atoms with Gasteiger partial charge in [-0.05, 0) is 6.92 Å². The van der Waals surface area contributed by atoms with Crippen LogP contribution in [0, 0.1) is 0 Å². The lowest BCUT2D eigenvalue weighted by Gasteiger charge is -2.15. The average Bonchev–Trinajstić information content (AvgIpc) is 1.84. The smallest absolute Gasteiger partial charge is 0.108 e. The van der Waals surface area contributed by atoms with E-state index in [1.54, 1.807) is 6.92 Å². The third kappa shape index (κ3) is 2.49. The minimum absolute atomic E-state index is 0.407. The molecule has 0 heterocycles. The van der Waals surface area contributed by atoms with E-state index in [1.807, 2.05) is 0 Å². The molecule has 0 spiro atoms. The summed E-state index contributed by atoms with van der Waals surface area (Å²) in [7, 11) is 1.48. The summed E-state index contributed by atoms with van der Waals surface area (Å²) in [6.07, 6.45) is -0.600. The molecule has 54 valence electrons. The summed E-state index contributed by atoms with van der Waals surface area (Å²) >= 11 is 0. The van der Waals surface area contributed by atoms with Crippen molar-refractivity contribution >= 4 is 0 Å². The fourth-order valence-corrected chi connectivity index (χ4v) is 0.405. The van der Waals surface area contributed by atoms with Crippen LogP contribution in [0.3, 0.4) is 0 Å². The van der Waals surface area contributed by atoms with Crippen LogP contribution in [0.1, 0.15) is 6.92 Å². The molecule has 0 aromatic rings. The van der Waals surface area contributed by atoms with E-state index in [0.717, 1.165) is 0 Å². The van der Waals surface area contributed by atoms with Crippen molar-refractivity contribution in [1.82, 2.24) is 0 Å². The van der Waals surface area contributed by atoms with Crippen LogP contribution in [0.15, 0.2) is 12.3 Å². The second kappa shape index (κ2) is 3.48. The molecule has 0 bridgehead atoms. The lowest BCUT2D eigenvalue weighted by Crippen LogP contribution is -2.34. The summed E-state index contributed by atoms with van der Waals surface area (Å²) in [6, 6.07) is -0.477. The molecule has 0 aliphatic heterocycles. The predicted molar refractivity (Wildman–Crippen MR) is 35.8 cm³/mol. The summed E-state index contributed by atoms with van der Waals surface area (Å²) in [5.41, 5.74) is 5.40. The standard InChI is InChI=1S/C6H13NO2/c1-4(8)6(7)5(2)9-3/h4,6,8H,2,7H2,1,3H3/t4-,6+/m1/s1. The summed E-state index contributed by atoms with van der Waals surface area (Å²) < 4.78 is 4.69. The Morgan fingerprint density at radius 1 is 1.78 bits per heavy atom. The molecule has 3 heteroatoms. The Balaban J connectivity index is 3.72. The van der Waals surface area contributed by atoms with Crippen molar-refractivity contribution < 1.29 is 9.84 Å². The Morgan fingerprint density at radius 2 is 2.22 bits per heavy atom. The van der Waals surface area contributed by atoms with Gasteiger partial charge in [-0.15, -0.1) is 0 Å². The molecule has 3 nitrogen and oxygen atoms in total. The molecule has 0 aromatic carbocycles. The minimum atomic E-state index is -0.600. The Morgan fingerprint density at radius 3 is 2.33 bits per heavy atom. The predicted octanol–water partition coefficient (Wildman–Crippen LogP) is -0.145. The van der Waals surface area contributed by atoms with Crippen LogP contribution in [0.2, 0.25) is 0 Å². The average molecular weight is 131 g/mol. The molecule has 3 N–H and O–H groups in total. The van der Waals surface area contributed by atoms with Crippen molar-refractivity contribution in [2.75, 3.05) is 7.11 Å². The molecule has 9 heavy (non-hydrogen) atoms. The maximum Gasteiger partial charge on any atom is 0.108 e. The Kier molecular flexibility index (Phi) is 3.27. The van der Waals surface area contributed by atoms with Crippen LogP contribution in [-0.4, -0.2) is 24.4 Å². The molecule has 0 fully saturated rings. The van der Waals surface area contributed by atoms with Crippen molar-refractivity contribution in [3.63, 3.8) is 0 Å². The van der Waals surface area contributed by atoms with Crippen LogP contribution in [0.5, 0.6) is 0 Å². The fraction of sp³-hybridized carbons (Fsp3) is 0.667. The number of nitrogens with two attached hydrogens (primary N) is 1. The Bertz CT molecular complexity index is 101. The summed E-state index contributed by atoms with van der Waals surface area (Å²) in [4.78, 5) is 0. The van der Waals surface area contributed by atoms with Gasteiger partial charge in [0.1, 0.15) is 5.76 Å². The first-order chi connectivity index (χ1) is 4.09. The first-order valence-electron chi connectivity index (χ1n) is 2.76. The summed E-state index contributed by atoms with van der Waals surface area (Å²) in [5.74, 6) is 0.407. The highest BCUT2D eigenvalue weighted by Crippen LogP contribution is 2.00. The molecule has 0 saturated carbocycles. The first kappa shape index (κ1) is 8.46. The third-order valence-electron chi connectivity index (χ3n) is 1.15. The van der Waals surface area contributed by atoms with Crippen LogP contribution in [0.4, 0.5) is 0 Å². The number of aliphatic hydroxyl groups is 1. The molecule has 0 aliphatic rings. The quantitative estimate of drug-likeness (QED) is 0.524. The number of hydrogen-bond donors (Lipinski definition) is 2. The molecule has 2 atom stereocenters. The van der Waals surface area contributed by atoms with Crippen molar-refractivity contribution in [2.24, 2.45) is 5.73 Å². The molecule has 0 rings (SSSR count). The number of ether oxygens (including phenoxy) is 1. The van der Waals surface area contributed by atoms with Gasteiger partial charge in [-0.25, -0.2) is 0 Å². The van der Waals surface area contributed by atoms with Crippen LogP contribution in [-0.2, 0) is 4.74 Å².